The molecular formula is C18H22ClN. The minimum Gasteiger partial charge on any atom is -0.310 e. The van der Waals surface area contributed by atoms with Crippen LogP contribution in [0.1, 0.15) is 29.2 Å². The van der Waals surface area contributed by atoms with Crippen molar-refractivity contribution in [3.05, 3.63) is 69.7 Å². The number of nitrogens with one attached hydrogen (secondary N) is 1. The van der Waals surface area contributed by atoms with Gasteiger partial charge < -0.3 is 5.32 Å². The first kappa shape index (κ1) is 15.1. The summed E-state index contributed by atoms with van der Waals surface area (Å²) >= 11 is 6.02. The summed E-state index contributed by atoms with van der Waals surface area (Å²) in [5.74, 6) is 0. The molecule has 0 amide bonds. The highest BCUT2D eigenvalue weighted by Crippen LogP contribution is 2.15. The van der Waals surface area contributed by atoms with E-state index in [9.17, 15) is 0 Å². The maximum Gasteiger partial charge on any atom is 0.0408 e. The molecule has 0 aliphatic carbocycles. The fraction of sp³-hybridized carbons (Fsp3) is 0.333. The second-order valence-electron chi connectivity index (χ2n) is 5.49. The SMILES string of the molecule is Cc1cccc(C)c1CNC(C)Cc1cccc(Cl)c1. The van der Waals surface area contributed by atoms with E-state index in [0.29, 0.717) is 6.04 Å². The van der Waals surface area contributed by atoms with Crippen LogP contribution < -0.4 is 5.32 Å². The number of halogens is 1. The zero-order valence-electron chi connectivity index (χ0n) is 12.4. The van der Waals surface area contributed by atoms with Crippen LogP contribution in [0.15, 0.2) is 42.5 Å². The van der Waals surface area contributed by atoms with Crippen molar-refractivity contribution in [2.45, 2.75) is 39.8 Å². The molecule has 0 radical (unpaired) electrons. The van der Waals surface area contributed by atoms with Gasteiger partial charge in [-0.2, -0.15) is 0 Å². The molecule has 0 heterocycles. The summed E-state index contributed by atoms with van der Waals surface area (Å²) in [6, 6.07) is 15.0. The smallest absolute Gasteiger partial charge is 0.0408 e. The Morgan fingerprint density at radius 1 is 1.05 bits per heavy atom. The van der Waals surface area contributed by atoms with Crippen LogP contribution in [-0.4, -0.2) is 6.04 Å². The largest absolute Gasteiger partial charge is 0.310 e. The average Bonchev–Trinajstić information content (AvgIpc) is 2.38. The highest BCUT2D eigenvalue weighted by atomic mass is 35.5. The summed E-state index contributed by atoms with van der Waals surface area (Å²) < 4.78 is 0. The average molecular weight is 288 g/mol. The molecule has 0 saturated heterocycles. The molecule has 1 nitrogen and oxygen atoms in total. The zero-order chi connectivity index (χ0) is 14.5. The highest BCUT2D eigenvalue weighted by molar-refractivity contribution is 6.30. The van der Waals surface area contributed by atoms with E-state index in [1.807, 2.05) is 18.2 Å². The van der Waals surface area contributed by atoms with Gasteiger partial charge in [-0.15, -0.1) is 0 Å². The second kappa shape index (κ2) is 6.92. The Labute approximate surface area is 127 Å². The first-order valence-corrected chi connectivity index (χ1v) is 7.47. The summed E-state index contributed by atoms with van der Waals surface area (Å²) in [5, 5.41) is 4.42. The summed E-state index contributed by atoms with van der Waals surface area (Å²) in [6.45, 7) is 7.48. The Bertz CT molecular complexity index is 557. The molecule has 1 unspecified atom stereocenters. The maximum atomic E-state index is 6.02. The Morgan fingerprint density at radius 2 is 1.70 bits per heavy atom. The fourth-order valence-corrected chi connectivity index (χ4v) is 2.71. The van der Waals surface area contributed by atoms with Gasteiger partial charge in [-0.1, -0.05) is 41.9 Å². The van der Waals surface area contributed by atoms with E-state index in [1.54, 1.807) is 0 Å². The first-order chi connectivity index (χ1) is 9.56. The monoisotopic (exact) mass is 287 g/mol. The lowest BCUT2D eigenvalue weighted by atomic mass is 10.0. The van der Waals surface area contributed by atoms with E-state index in [4.69, 9.17) is 11.6 Å². The maximum absolute atomic E-state index is 6.02. The van der Waals surface area contributed by atoms with Gasteiger partial charge in [-0.05, 0) is 61.6 Å². The molecule has 2 rings (SSSR count). The van der Waals surface area contributed by atoms with Crippen LogP contribution in [0.3, 0.4) is 0 Å². The number of hydrogen-bond acceptors (Lipinski definition) is 1. The van der Waals surface area contributed by atoms with Crippen LogP contribution in [0.2, 0.25) is 5.02 Å². The van der Waals surface area contributed by atoms with Gasteiger partial charge in [-0.3, -0.25) is 0 Å². The molecule has 0 fully saturated rings. The van der Waals surface area contributed by atoms with Crippen molar-refractivity contribution in [3.63, 3.8) is 0 Å². The van der Waals surface area contributed by atoms with E-state index in [2.05, 4.69) is 50.4 Å². The van der Waals surface area contributed by atoms with E-state index >= 15 is 0 Å². The molecule has 0 aliphatic rings. The number of hydrogen-bond donors (Lipinski definition) is 1. The lowest BCUT2D eigenvalue weighted by molar-refractivity contribution is 0.543. The summed E-state index contributed by atoms with van der Waals surface area (Å²) in [7, 11) is 0. The van der Waals surface area contributed by atoms with E-state index < -0.39 is 0 Å². The molecule has 2 aromatic rings. The van der Waals surface area contributed by atoms with Crippen molar-refractivity contribution >= 4 is 11.6 Å². The topological polar surface area (TPSA) is 12.0 Å². The quantitative estimate of drug-likeness (QED) is 0.842. The van der Waals surface area contributed by atoms with Crippen LogP contribution in [0.4, 0.5) is 0 Å². The van der Waals surface area contributed by atoms with Gasteiger partial charge in [-0.25, -0.2) is 0 Å². The minimum atomic E-state index is 0.424. The Morgan fingerprint density at radius 3 is 2.35 bits per heavy atom. The molecule has 0 bridgehead atoms. The normalized spacial score (nSPS) is 12.4. The molecular weight excluding hydrogens is 266 g/mol. The Hall–Kier alpha value is -1.31. The van der Waals surface area contributed by atoms with Gasteiger partial charge in [0.15, 0.2) is 0 Å². The second-order valence-corrected chi connectivity index (χ2v) is 5.92. The van der Waals surface area contributed by atoms with Crippen molar-refractivity contribution in [2.24, 2.45) is 0 Å². The van der Waals surface area contributed by atoms with Crippen molar-refractivity contribution in [3.8, 4) is 0 Å². The predicted octanol–water partition coefficient (Wildman–Crippen LogP) is 4.68. The number of rotatable bonds is 5. The van der Waals surface area contributed by atoms with Gasteiger partial charge in [0.05, 0.1) is 0 Å². The van der Waals surface area contributed by atoms with E-state index in [-0.39, 0.29) is 0 Å². The molecule has 0 saturated carbocycles. The predicted molar refractivity (Wildman–Crippen MR) is 87.4 cm³/mol. The molecule has 0 aromatic heterocycles. The van der Waals surface area contributed by atoms with Gasteiger partial charge in [0, 0.05) is 17.6 Å². The number of aryl methyl sites for hydroxylation is 2. The Balaban J connectivity index is 1.94. The molecule has 106 valence electrons. The van der Waals surface area contributed by atoms with Crippen LogP contribution in [-0.2, 0) is 13.0 Å². The van der Waals surface area contributed by atoms with Crippen LogP contribution in [0.5, 0.6) is 0 Å². The third-order valence-electron chi connectivity index (χ3n) is 3.70. The van der Waals surface area contributed by atoms with Gasteiger partial charge in [0.1, 0.15) is 0 Å². The van der Waals surface area contributed by atoms with Crippen molar-refractivity contribution < 1.29 is 0 Å². The fourth-order valence-electron chi connectivity index (χ4n) is 2.49. The first-order valence-electron chi connectivity index (χ1n) is 7.09. The van der Waals surface area contributed by atoms with Crippen LogP contribution >= 0.6 is 11.6 Å². The summed E-state index contributed by atoms with van der Waals surface area (Å²) in [4.78, 5) is 0. The lowest BCUT2D eigenvalue weighted by Gasteiger charge is -2.16. The van der Waals surface area contributed by atoms with Gasteiger partial charge >= 0.3 is 0 Å². The molecule has 0 aliphatic heterocycles. The number of benzene rings is 2. The van der Waals surface area contributed by atoms with Crippen LogP contribution in [0, 0.1) is 13.8 Å². The van der Waals surface area contributed by atoms with Crippen LogP contribution in [0.25, 0.3) is 0 Å². The summed E-state index contributed by atoms with van der Waals surface area (Å²) in [6.07, 6.45) is 0.992. The third-order valence-corrected chi connectivity index (χ3v) is 3.94. The molecule has 2 aromatic carbocycles. The Kier molecular flexibility index (Phi) is 5.22. The third kappa shape index (κ3) is 4.09. The molecule has 1 atom stereocenters. The van der Waals surface area contributed by atoms with E-state index in [1.165, 1.54) is 22.3 Å². The molecule has 0 spiro atoms. The standard InChI is InChI=1S/C18H22ClN/c1-13-6-4-7-14(2)18(13)12-20-15(3)10-16-8-5-9-17(19)11-16/h4-9,11,15,20H,10,12H2,1-3H3. The lowest BCUT2D eigenvalue weighted by Crippen LogP contribution is -2.28. The zero-order valence-corrected chi connectivity index (χ0v) is 13.2. The summed E-state index contributed by atoms with van der Waals surface area (Å²) in [5.41, 5.74) is 5.39. The van der Waals surface area contributed by atoms with Crippen molar-refractivity contribution in [2.75, 3.05) is 0 Å². The highest BCUT2D eigenvalue weighted by Gasteiger charge is 2.06. The van der Waals surface area contributed by atoms with E-state index in [0.717, 1.165) is 18.0 Å². The molecule has 2 heteroatoms. The van der Waals surface area contributed by atoms with Crippen molar-refractivity contribution in [1.29, 1.82) is 0 Å². The van der Waals surface area contributed by atoms with Crippen molar-refractivity contribution in [1.82, 2.24) is 5.32 Å². The molecule has 1 N–H and O–H groups in total. The van der Waals surface area contributed by atoms with Gasteiger partial charge in [0.25, 0.3) is 0 Å². The minimum absolute atomic E-state index is 0.424. The van der Waals surface area contributed by atoms with Gasteiger partial charge in [0.2, 0.25) is 0 Å². The molecule has 20 heavy (non-hydrogen) atoms.